The molecule has 0 saturated heterocycles. The lowest BCUT2D eigenvalue weighted by Gasteiger charge is -2.18. The summed E-state index contributed by atoms with van der Waals surface area (Å²) in [5.74, 6) is 0.813. The molecule has 96 valence electrons. The molecular weight excluding hydrogens is 238 g/mol. The smallest absolute Gasteiger partial charge is 0.125 e. The number of hydrogen-bond acceptors (Lipinski definition) is 3. The number of hydrogen-bond donors (Lipinski definition) is 0. The fourth-order valence-corrected chi connectivity index (χ4v) is 2.70. The number of imidazole rings is 1. The minimum absolute atomic E-state index is 0.270. The summed E-state index contributed by atoms with van der Waals surface area (Å²) < 4.78 is 7.90. The van der Waals surface area contributed by atoms with E-state index in [2.05, 4.69) is 15.6 Å². The molecular formula is C15H15N3O. The van der Waals surface area contributed by atoms with Crippen LogP contribution in [0.3, 0.4) is 0 Å². The summed E-state index contributed by atoms with van der Waals surface area (Å²) in [7, 11) is 0. The van der Waals surface area contributed by atoms with Gasteiger partial charge in [0.15, 0.2) is 0 Å². The molecule has 2 heterocycles. The SMILES string of the molecule is CCOc1cc(C#N)ccc1C1CCc2cncn21. The first kappa shape index (κ1) is 11.8. The minimum atomic E-state index is 0.270. The monoisotopic (exact) mass is 253 g/mol. The zero-order valence-corrected chi connectivity index (χ0v) is 10.8. The average Bonchev–Trinajstić information content (AvgIpc) is 3.02. The van der Waals surface area contributed by atoms with Gasteiger partial charge in [0.05, 0.1) is 30.6 Å². The maximum Gasteiger partial charge on any atom is 0.125 e. The second kappa shape index (κ2) is 4.77. The molecule has 1 unspecified atom stereocenters. The van der Waals surface area contributed by atoms with E-state index in [1.54, 1.807) is 0 Å². The number of rotatable bonds is 3. The molecule has 3 rings (SSSR count). The fraction of sp³-hybridized carbons (Fsp3) is 0.333. The largest absolute Gasteiger partial charge is 0.493 e. The van der Waals surface area contributed by atoms with Gasteiger partial charge >= 0.3 is 0 Å². The van der Waals surface area contributed by atoms with Crippen LogP contribution in [0.25, 0.3) is 0 Å². The quantitative estimate of drug-likeness (QED) is 0.845. The van der Waals surface area contributed by atoms with E-state index in [9.17, 15) is 0 Å². The van der Waals surface area contributed by atoms with Crippen LogP contribution in [0, 0.1) is 11.3 Å². The van der Waals surface area contributed by atoms with Crippen molar-refractivity contribution in [2.45, 2.75) is 25.8 Å². The maximum atomic E-state index is 8.99. The third kappa shape index (κ3) is 1.97. The summed E-state index contributed by atoms with van der Waals surface area (Å²) in [6.45, 7) is 2.56. The van der Waals surface area contributed by atoms with E-state index in [-0.39, 0.29) is 6.04 Å². The van der Waals surface area contributed by atoms with E-state index in [0.29, 0.717) is 12.2 Å². The van der Waals surface area contributed by atoms with Crippen LogP contribution >= 0.6 is 0 Å². The van der Waals surface area contributed by atoms with Crippen LogP contribution < -0.4 is 4.74 Å². The summed E-state index contributed by atoms with van der Waals surface area (Å²) in [5.41, 5.74) is 3.03. The first-order chi connectivity index (χ1) is 9.33. The van der Waals surface area contributed by atoms with Crippen molar-refractivity contribution in [3.05, 3.63) is 47.5 Å². The molecule has 1 aromatic heterocycles. The molecule has 4 heteroatoms. The second-order valence-corrected chi connectivity index (χ2v) is 4.64. The highest BCUT2D eigenvalue weighted by Crippen LogP contribution is 2.36. The van der Waals surface area contributed by atoms with Gasteiger partial charge in [-0.1, -0.05) is 6.07 Å². The van der Waals surface area contributed by atoms with Crippen molar-refractivity contribution in [3.63, 3.8) is 0 Å². The molecule has 0 aliphatic carbocycles. The molecule has 1 atom stereocenters. The number of aromatic nitrogens is 2. The Bertz CT molecular complexity index is 639. The first-order valence-electron chi connectivity index (χ1n) is 6.51. The number of nitrogens with zero attached hydrogens (tertiary/aromatic N) is 3. The summed E-state index contributed by atoms with van der Waals surface area (Å²) in [5, 5.41) is 8.99. The third-order valence-electron chi connectivity index (χ3n) is 3.56. The van der Waals surface area contributed by atoms with Crippen LogP contribution in [0.2, 0.25) is 0 Å². The Kier molecular flexibility index (Phi) is 2.96. The van der Waals surface area contributed by atoms with E-state index in [1.165, 1.54) is 5.69 Å². The predicted octanol–water partition coefficient (Wildman–Crippen LogP) is 2.69. The Balaban J connectivity index is 2.04. The molecule has 1 aliphatic rings. The van der Waals surface area contributed by atoms with Crippen LogP contribution in [-0.2, 0) is 6.42 Å². The summed E-state index contributed by atoms with van der Waals surface area (Å²) in [6.07, 6.45) is 5.89. The van der Waals surface area contributed by atoms with Crippen LogP contribution in [0.1, 0.15) is 36.2 Å². The van der Waals surface area contributed by atoms with Gasteiger partial charge in [0.25, 0.3) is 0 Å². The Labute approximate surface area is 112 Å². The van der Waals surface area contributed by atoms with Crippen molar-refractivity contribution >= 4 is 0 Å². The van der Waals surface area contributed by atoms with Crippen molar-refractivity contribution in [1.82, 2.24) is 9.55 Å². The standard InChI is InChI=1S/C15H15N3O/c1-2-19-15-7-11(8-16)3-5-13(15)14-6-4-12-9-17-10-18(12)14/h3,5,7,9-10,14H,2,4,6H2,1H3. The molecule has 0 spiro atoms. The van der Waals surface area contributed by atoms with E-state index in [4.69, 9.17) is 10.00 Å². The predicted molar refractivity (Wildman–Crippen MR) is 71.0 cm³/mol. The molecule has 1 aliphatic heterocycles. The van der Waals surface area contributed by atoms with E-state index in [0.717, 1.165) is 24.2 Å². The van der Waals surface area contributed by atoms with E-state index >= 15 is 0 Å². The molecule has 4 nitrogen and oxygen atoms in total. The number of aryl methyl sites for hydroxylation is 1. The molecule has 0 N–H and O–H groups in total. The van der Waals surface area contributed by atoms with Gasteiger partial charge in [0.2, 0.25) is 0 Å². The van der Waals surface area contributed by atoms with Gasteiger partial charge in [0, 0.05) is 17.5 Å². The maximum absolute atomic E-state index is 8.99. The molecule has 0 radical (unpaired) electrons. The van der Waals surface area contributed by atoms with Crippen molar-refractivity contribution in [2.75, 3.05) is 6.61 Å². The first-order valence-corrected chi connectivity index (χ1v) is 6.51. The lowest BCUT2D eigenvalue weighted by molar-refractivity contribution is 0.332. The fourth-order valence-electron chi connectivity index (χ4n) is 2.70. The molecule has 0 amide bonds. The third-order valence-corrected chi connectivity index (χ3v) is 3.56. The molecule has 1 aromatic carbocycles. The number of benzene rings is 1. The van der Waals surface area contributed by atoms with E-state index < -0.39 is 0 Å². The minimum Gasteiger partial charge on any atom is -0.493 e. The van der Waals surface area contributed by atoms with Crippen LogP contribution in [0.4, 0.5) is 0 Å². The van der Waals surface area contributed by atoms with Crippen LogP contribution in [0.15, 0.2) is 30.7 Å². The average molecular weight is 253 g/mol. The molecule has 19 heavy (non-hydrogen) atoms. The molecule has 0 saturated carbocycles. The summed E-state index contributed by atoms with van der Waals surface area (Å²) in [6, 6.07) is 8.11. The number of nitriles is 1. The Morgan fingerprint density at radius 2 is 2.42 bits per heavy atom. The van der Waals surface area contributed by atoms with Gasteiger partial charge in [-0.25, -0.2) is 4.98 Å². The van der Waals surface area contributed by atoms with Gasteiger partial charge in [0.1, 0.15) is 5.75 Å². The van der Waals surface area contributed by atoms with Crippen molar-refractivity contribution in [3.8, 4) is 11.8 Å². The zero-order valence-electron chi connectivity index (χ0n) is 10.8. The Hall–Kier alpha value is -2.28. The highest BCUT2D eigenvalue weighted by molar-refractivity contribution is 5.45. The highest BCUT2D eigenvalue weighted by Gasteiger charge is 2.25. The molecule has 0 fully saturated rings. The second-order valence-electron chi connectivity index (χ2n) is 4.64. The highest BCUT2D eigenvalue weighted by atomic mass is 16.5. The van der Waals surface area contributed by atoms with E-state index in [1.807, 2.05) is 37.6 Å². The number of fused-ring (bicyclic) bond motifs is 1. The number of ether oxygens (including phenoxy) is 1. The van der Waals surface area contributed by atoms with Gasteiger partial charge in [-0.05, 0) is 31.9 Å². The topological polar surface area (TPSA) is 50.8 Å². The van der Waals surface area contributed by atoms with Crippen molar-refractivity contribution in [1.29, 1.82) is 5.26 Å². The van der Waals surface area contributed by atoms with Crippen LogP contribution in [0.5, 0.6) is 5.75 Å². The van der Waals surface area contributed by atoms with Gasteiger partial charge in [-0.15, -0.1) is 0 Å². The lowest BCUT2D eigenvalue weighted by atomic mass is 10.0. The molecule has 2 aromatic rings. The van der Waals surface area contributed by atoms with Crippen molar-refractivity contribution in [2.24, 2.45) is 0 Å². The van der Waals surface area contributed by atoms with Gasteiger partial charge < -0.3 is 9.30 Å². The Morgan fingerprint density at radius 3 is 3.21 bits per heavy atom. The summed E-state index contributed by atoms with van der Waals surface area (Å²) in [4.78, 5) is 4.20. The lowest BCUT2D eigenvalue weighted by Crippen LogP contribution is -2.07. The molecule has 0 bridgehead atoms. The van der Waals surface area contributed by atoms with Crippen LogP contribution in [-0.4, -0.2) is 16.2 Å². The Morgan fingerprint density at radius 1 is 1.53 bits per heavy atom. The zero-order chi connectivity index (χ0) is 13.2. The van der Waals surface area contributed by atoms with Gasteiger partial charge in [-0.2, -0.15) is 5.26 Å². The summed E-state index contributed by atoms with van der Waals surface area (Å²) >= 11 is 0. The van der Waals surface area contributed by atoms with Gasteiger partial charge in [-0.3, -0.25) is 0 Å². The normalized spacial score (nSPS) is 16.9. The van der Waals surface area contributed by atoms with Crippen molar-refractivity contribution < 1.29 is 4.74 Å².